The van der Waals surface area contributed by atoms with Crippen LogP contribution < -0.4 is 25.3 Å². The summed E-state index contributed by atoms with van der Waals surface area (Å²) >= 11 is 0. The van der Waals surface area contributed by atoms with E-state index in [1.807, 2.05) is 0 Å². The summed E-state index contributed by atoms with van der Waals surface area (Å²) in [6, 6.07) is 3.16. The van der Waals surface area contributed by atoms with Gasteiger partial charge in [-0.05, 0) is 0 Å². The van der Waals surface area contributed by atoms with Gasteiger partial charge in [-0.25, -0.2) is 0 Å². The van der Waals surface area contributed by atoms with E-state index < -0.39 is 0 Å². The van der Waals surface area contributed by atoms with Gasteiger partial charge >= 0.3 is 0 Å². The first-order chi connectivity index (χ1) is 8.65. The number of anilines is 1. The van der Waals surface area contributed by atoms with Crippen LogP contribution >= 0.6 is 0 Å². The van der Waals surface area contributed by atoms with Gasteiger partial charge in [0.15, 0.2) is 11.5 Å². The van der Waals surface area contributed by atoms with Crippen molar-refractivity contribution in [2.24, 2.45) is 5.73 Å². The van der Waals surface area contributed by atoms with Crippen molar-refractivity contribution in [3.63, 3.8) is 0 Å². The van der Waals surface area contributed by atoms with E-state index in [0.29, 0.717) is 23.8 Å². The summed E-state index contributed by atoms with van der Waals surface area (Å²) in [5.41, 5.74) is 6.36. The smallest absolute Gasteiger partial charge is 0.164 e. The van der Waals surface area contributed by atoms with E-state index in [9.17, 15) is 0 Å². The number of aliphatic hydroxyl groups is 1. The molecule has 0 aliphatic heterocycles. The first-order valence-electron chi connectivity index (χ1n) is 5.56. The van der Waals surface area contributed by atoms with Crippen molar-refractivity contribution in [2.45, 2.75) is 6.04 Å². The lowest BCUT2D eigenvalue weighted by atomic mass is 10.2. The van der Waals surface area contributed by atoms with Crippen LogP contribution in [0.25, 0.3) is 0 Å². The largest absolute Gasteiger partial charge is 0.494 e. The zero-order valence-corrected chi connectivity index (χ0v) is 10.9. The highest BCUT2D eigenvalue weighted by Crippen LogP contribution is 2.37. The topological polar surface area (TPSA) is 86.0 Å². The molecule has 0 aliphatic rings. The van der Waals surface area contributed by atoms with Crippen LogP contribution in [0.15, 0.2) is 12.1 Å². The Morgan fingerprint density at radius 1 is 1.11 bits per heavy atom. The standard InChI is InChI=1S/C12H20N2O4/c1-16-10-5-12(18-3)11(17-2)4-9(10)14-6-8(13)7-15/h4-5,8,14-15H,6-7,13H2,1-3H3. The van der Waals surface area contributed by atoms with E-state index in [-0.39, 0.29) is 12.6 Å². The molecule has 0 aromatic heterocycles. The number of methoxy groups -OCH3 is 3. The van der Waals surface area contributed by atoms with E-state index in [1.54, 1.807) is 33.5 Å². The van der Waals surface area contributed by atoms with Gasteiger partial charge in [-0.3, -0.25) is 0 Å². The number of benzene rings is 1. The van der Waals surface area contributed by atoms with Crippen molar-refractivity contribution in [2.75, 3.05) is 39.8 Å². The summed E-state index contributed by atoms with van der Waals surface area (Å²) in [4.78, 5) is 0. The van der Waals surface area contributed by atoms with Crippen LogP contribution in [-0.4, -0.2) is 45.6 Å². The molecule has 0 radical (unpaired) electrons. The molecule has 0 spiro atoms. The summed E-state index contributed by atoms with van der Waals surface area (Å²) in [6.07, 6.45) is 0. The second-order valence-corrected chi connectivity index (χ2v) is 3.73. The van der Waals surface area contributed by atoms with Gasteiger partial charge in [0, 0.05) is 24.7 Å². The van der Waals surface area contributed by atoms with Gasteiger partial charge in [-0.1, -0.05) is 0 Å². The molecule has 0 fully saturated rings. The predicted octanol–water partition coefficient (Wildman–Crippen LogP) is 0.444. The molecular weight excluding hydrogens is 236 g/mol. The van der Waals surface area contributed by atoms with Crippen molar-refractivity contribution in [3.8, 4) is 17.2 Å². The molecule has 102 valence electrons. The first-order valence-corrected chi connectivity index (χ1v) is 5.56. The average molecular weight is 256 g/mol. The number of hydrogen-bond acceptors (Lipinski definition) is 6. The zero-order valence-electron chi connectivity index (χ0n) is 10.9. The fraction of sp³-hybridized carbons (Fsp3) is 0.500. The van der Waals surface area contributed by atoms with Crippen LogP contribution in [-0.2, 0) is 0 Å². The number of rotatable bonds is 7. The Labute approximate surface area is 107 Å². The number of hydrogen-bond donors (Lipinski definition) is 3. The molecule has 18 heavy (non-hydrogen) atoms. The Morgan fingerprint density at radius 3 is 2.17 bits per heavy atom. The van der Waals surface area contributed by atoms with Gasteiger partial charge in [0.1, 0.15) is 5.75 Å². The molecule has 6 heteroatoms. The van der Waals surface area contributed by atoms with Crippen LogP contribution in [0.4, 0.5) is 5.69 Å². The molecule has 1 rings (SSSR count). The minimum atomic E-state index is -0.331. The maximum absolute atomic E-state index is 8.88. The Kier molecular flexibility index (Phi) is 5.54. The Hall–Kier alpha value is -1.66. The van der Waals surface area contributed by atoms with Gasteiger partial charge in [0.05, 0.1) is 33.6 Å². The van der Waals surface area contributed by atoms with Crippen molar-refractivity contribution < 1.29 is 19.3 Å². The second-order valence-electron chi connectivity index (χ2n) is 3.73. The van der Waals surface area contributed by atoms with Gasteiger partial charge in [-0.2, -0.15) is 0 Å². The fourth-order valence-corrected chi connectivity index (χ4v) is 1.47. The number of aliphatic hydroxyl groups excluding tert-OH is 1. The van der Waals surface area contributed by atoms with E-state index in [4.69, 9.17) is 25.1 Å². The zero-order chi connectivity index (χ0) is 13.5. The first kappa shape index (κ1) is 14.4. The number of nitrogens with one attached hydrogen (secondary N) is 1. The van der Waals surface area contributed by atoms with Crippen molar-refractivity contribution in [1.29, 1.82) is 0 Å². The molecule has 0 heterocycles. The third-order valence-corrected chi connectivity index (χ3v) is 2.49. The maximum Gasteiger partial charge on any atom is 0.164 e. The molecule has 4 N–H and O–H groups in total. The maximum atomic E-state index is 8.88. The Morgan fingerprint density at radius 2 is 1.67 bits per heavy atom. The lowest BCUT2D eigenvalue weighted by Gasteiger charge is -2.16. The third kappa shape index (κ3) is 3.41. The van der Waals surface area contributed by atoms with E-state index >= 15 is 0 Å². The molecule has 1 atom stereocenters. The van der Waals surface area contributed by atoms with Crippen LogP contribution in [0.1, 0.15) is 0 Å². The third-order valence-electron chi connectivity index (χ3n) is 2.49. The summed E-state index contributed by atoms with van der Waals surface area (Å²) in [5.74, 6) is 1.81. The highest BCUT2D eigenvalue weighted by atomic mass is 16.5. The monoisotopic (exact) mass is 256 g/mol. The molecule has 0 aliphatic carbocycles. The lowest BCUT2D eigenvalue weighted by Crippen LogP contribution is -2.32. The van der Waals surface area contributed by atoms with Crippen LogP contribution in [0.3, 0.4) is 0 Å². The summed E-state index contributed by atoms with van der Waals surface area (Å²) < 4.78 is 15.6. The fourth-order valence-electron chi connectivity index (χ4n) is 1.47. The molecule has 1 aromatic carbocycles. The molecule has 0 saturated carbocycles. The average Bonchev–Trinajstić information content (AvgIpc) is 2.43. The normalized spacial score (nSPS) is 11.8. The van der Waals surface area contributed by atoms with Gasteiger partial charge < -0.3 is 30.4 Å². The van der Waals surface area contributed by atoms with Crippen molar-refractivity contribution >= 4 is 5.69 Å². The number of ether oxygens (including phenoxy) is 3. The van der Waals surface area contributed by atoms with Crippen molar-refractivity contribution in [3.05, 3.63) is 12.1 Å². The van der Waals surface area contributed by atoms with Crippen LogP contribution in [0.2, 0.25) is 0 Å². The highest BCUT2D eigenvalue weighted by molar-refractivity contribution is 5.64. The Balaban J connectivity index is 2.94. The van der Waals surface area contributed by atoms with Gasteiger partial charge in [0.2, 0.25) is 0 Å². The summed E-state index contributed by atoms with van der Waals surface area (Å²) in [5, 5.41) is 12.0. The van der Waals surface area contributed by atoms with E-state index in [0.717, 1.165) is 5.69 Å². The lowest BCUT2D eigenvalue weighted by molar-refractivity contribution is 0.270. The molecule has 1 unspecified atom stereocenters. The number of nitrogens with two attached hydrogens (primary N) is 1. The quantitative estimate of drug-likeness (QED) is 0.656. The highest BCUT2D eigenvalue weighted by Gasteiger charge is 2.12. The van der Waals surface area contributed by atoms with Gasteiger partial charge in [0.25, 0.3) is 0 Å². The van der Waals surface area contributed by atoms with Crippen molar-refractivity contribution in [1.82, 2.24) is 0 Å². The molecule has 0 amide bonds. The summed E-state index contributed by atoms with van der Waals surface area (Å²) in [7, 11) is 4.69. The minimum Gasteiger partial charge on any atom is -0.494 e. The van der Waals surface area contributed by atoms with Gasteiger partial charge in [-0.15, -0.1) is 0 Å². The predicted molar refractivity (Wildman–Crippen MR) is 69.6 cm³/mol. The van der Waals surface area contributed by atoms with Crippen LogP contribution in [0, 0.1) is 0 Å². The molecule has 0 bridgehead atoms. The molecule has 1 aromatic rings. The van der Waals surface area contributed by atoms with E-state index in [1.165, 1.54) is 0 Å². The summed E-state index contributed by atoms with van der Waals surface area (Å²) in [6.45, 7) is 0.352. The van der Waals surface area contributed by atoms with E-state index in [2.05, 4.69) is 5.32 Å². The SMILES string of the molecule is COc1cc(OC)c(OC)cc1NCC(N)CO. The minimum absolute atomic E-state index is 0.0807. The van der Waals surface area contributed by atoms with Crippen LogP contribution in [0.5, 0.6) is 17.2 Å². The molecular formula is C12H20N2O4. The molecule has 0 saturated heterocycles. The Bertz CT molecular complexity index is 385. The molecule has 6 nitrogen and oxygen atoms in total. The second kappa shape index (κ2) is 6.93.